The average Bonchev–Trinajstić information content (AvgIpc) is 3.30. The van der Waals surface area contributed by atoms with E-state index in [9.17, 15) is 10.5 Å². The summed E-state index contributed by atoms with van der Waals surface area (Å²) < 4.78 is 0. The van der Waals surface area contributed by atoms with E-state index in [0.29, 0.717) is 10.0 Å². The average molecular weight is 492 g/mol. The van der Waals surface area contributed by atoms with Crippen molar-refractivity contribution in [1.82, 2.24) is 9.91 Å². The zero-order valence-electron chi connectivity index (χ0n) is 19.9. The molecule has 1 aliphatic carbocycles. The summed E-state index contributed by atoms with van der Waals surface area (Å²) in [5.41, 5.74) is 0.763. The van der Waals surface area contributed by atoms with Gasteiger partial charge in [-0.05, 0) is 54.9 Å². The first-order chi connectivity index (χ1) is 16.1. The van der Waals surface area contributed by atoms with E-state index in [0.717, 1.165) is 16.8 Å². The maximum Gasteiger partial charge on any atom is 0.246 e. The normalized spacial score (nSPS) is 32.3. The molecule has 5 rings (SSSR count). The highest BCUT2D eigenvalue weighted by molar-refractivity contribution is 6.31. The van der Waals surface area contributed by atoms with E-state index in [2.05, 4.69) is 32.9 Å². The number of nitrogens with zero attached hydrogens (tertiary/aromatic N) is 5. The van der Waals surface area contributed by atoms with Crippen molar-refractivity contribution in [2.24, 2.45) is 28.3 Å². The van der Waals surface area contributed by atoms with Crippen LogP contribution >= 0.6 is 23.2 Å². The zero-order chi connectivity index (χ0) is 24.6. The summed E-state index contributed by atoms with van der Waals surface area (Å²) >= 11 is 12.4. The molecule has 3 aliphatic rings. The Labute approximate surface area is 211 Å². The highest BCUT2D eigenvalue weighted by Gasteiger charge is 2.81. The van der Waals surface area contributed by atoms with Gasteiger partial charge in [0.2, 0.25) is 5.54 Å². The van der Waals surface area contributed by atoms with Gasteiger partial charge in [0, 0.05) is 27.8 Å². The van der Waals surface area contributed by atoms with Gasteiger partial charge in [-0.25, -0.2) is 0 Å². The van der Waals surface area contributed by atoms with Gasteiger partial charge in [0.1, 0.15) is 12.1 Å². The summed E-state index contributed by atoms with van der Waals surface area (Å²) in [7, 11) is 3.88. The van der Waals surface area contributed by atoms with Crippen molar-refractivity contribution in [2.45, 2.75) is 37.9 Å². The molecule has 2 aromatic carbocycles. The summed E-state index contributed by atoms with van der Waals surface area (Å²) in [5, 5.41) is 29.5. The smallest absolute Gasteiger partial charge is 0.246 e. The molecule has 0 amide bonds. The Balaban J connectivity index is 1.85. The standard InChI is InChI=1S/C27H27Cl2N5/c1-16-24(33(4)5)26(14-30,15-31)34-27(16,18-8-12-20(29)13-9-18)23-21(25(23,2)3)22(32-34)17-6-10-19(28)11-7-17/h6-13,16,21,23-24H,1-5H3/t16-,21+,23-,24-,27+/m0/s1. The van der Waals surface area contributed by atoms with Crippen molar-refractivity contribution < 1.29 is 0 Å². The van der Waals surface area contributed by atoms with Crippen molar-refractivity contribution >= 4 is 28.9 Å². The van der Waals surface area contributed by atoms with Crippen LogP contribution in [0.3, 0.4) is 0 Å². The molecule has 5 nitrogen and oxygen atoms in total. The molecule has 2 heterocycles. The van der Waals surface area contributed by atoms with Gasteiger partial charge in [-0.2, -0.15) is 15.6 Å². The number of hydrogen-bond acceptors (Lipinski definition) is 5. The number of likely N-dealkylation sites (N-methyl/N-ethyl adjacent to an activating group) is 1. The van der Waals surface area contributed by atoms with Crippen molar-refractivity contribution in [3.8, 4) is 12.1 Å². The molecule has 5 atom stereocenters. The molecule has 2 aromatic rings. The van der Waals surface area contributed by atoms with Crippen LogP contribution in [-0.4, -0.2) is 41.3 Å². The highest BCUT2D eigenvalue weighted by atomic mass is 35.5. The lowest BCUT2D eigenvalue weighted by atomic mass is 9.71. The number of nitriles is 2. The molecule has 1 saturated carbocycles. The molecule has 0 spiro atoms. The van der Waals surface area contributed by atoms with E-state index >= 15 is 0 Å². The number of hydrazone groups is 1. The molecule has 0 radical (unpaired) electrons. The third-order valence-corrected chi connectivity index (χ3v) is 8.93. The minimum Gasteiger partial charge on any atom is -0.302 e. The molecule has 0 unspecified atom stereocenters. The molecule has 2 fully saturated rings. The molecule has 7 heteroatoms. The van der Waals surface area contributed by atoms with Crippen molar-refractivity contribution in [1.29, 1.82) is 10.5 Å². The topological polar surface area (TPSA) is 66.4 Å². The fourth-order valence-corrected chi connectivity index (χ4v) is 7.39. The second kappa shape index (κ2) is 7.46. The van der Waals surface area contributed by atoms with Gasteiger partial charge in [-0.3, -0.25) is 5.01 Å². The van der Waals surface area contributed by atoms with Gasteiger partial charge < -0.3 is 4.90 Å². The number of halogens is 2. The third kappa shape index (κ3) is 2.73. The van der Waals surface area contributed by atoms with Crippen LogP contribution in [0.4, 0.5) is 0 Å². The van der Waals surface area contributed by atoms with Gasteiger partial charge in [0.15, 0.2) is 0 Å². The Kier molecular flexibility index (Phi) is 5.09. The SMILES string of the molecule is C[C@H]1[C@H](N(C)C)C(C#N)(C#N)N2N=C(c3ccc(Cl)cc3)[C@@H]3[C@@H](C3(C)C)[C@]12c1ccc(Cl)cc1. The first-order valence-electron chi connectivity index (χ1n) is 11.5. The first-order valence-corrected chi connectivity index (χ1v) is 12.2. The van der Waals surface area contributed by atoms with Crippen LogP contribution in [0.1, 0.15) is 31.9 Å². The van der Waals surface area contributed by atoms with E-state index < -0.39 is 11.1 Å². The second-order valence-corrected chi connectivity index (χ2v) is 11.5. The van der Waals surface area contributed by atoms with E-state index in [1.54, 1.807) is 0 Å². The largest absolute Gasteiger partial charge is 0.302 e. The van der Waals surface area contributed by atoms with Crippen molar-refractivity contribution in [2.75, 3.05) is 14.1 Å². The summed E-state index contributed by atoms with van der Waals surface area (Å²) in [6, 6.07) is 20.0. The summed E-state index contributed by atoms with van der Waals surface area (Å²) in [6.07, 6.45) is 0. The molecule has 2 aliphatic heterocycles. The van der Waals surface area contributed by atoms with Crippen LogP contribution in [0.15, 0.2) is 53.6 Å². The molecule has 0 aromatic heterocycles. The summed E-state index contributed by atoms with van der Waals surface area (Å²) in [6.45, 7) is 6.70. The highest BCUT2D eigenvalue weighted by Crippen LogP contribution is 2.75. The van der Waals surface area contributed by atoms with Gasteiger partial charge in [-0.15, -0.1) is 0 Å². The predicted molar refractivity (Wildman–Crippen MR) is 134 cm³/mol. The Morgan fingerprint density at radius 1 is 0.941 bits per heavy atom. The molecular formula is C27H27Cl2N5. The predicted octanol–water partition coefficient (Wildman–Crippen LogP) is 5.55. The van der Waals surface area contributed by atoms with Gasteiger partial charge in [0.05, 0.1) is 17.3 Å². The molecule has 174 valence electrons. The number of fused-ring (bicyclic) bond motifs is 3. The monoisotopic (exact) mass is 491 g/mol. The minimum atomic E-state index is -1.45. The number of benzene rings is 2. The van der Waals surface area contributed by atoms with E-state index in [1.165, 1.54) is 0 Å². The minimum absolute atomic E-state index is 0.0484. The number of rotatable bonds is 3. The molecular weight excluding hydrogens is 465 g/mol. The van der Waals surface area contributed by atoms with Crippen molar-refractivity contribution in [3.63, 3.8) is 0 Å². The van der Waals surface area contributed by atoms with Gasteiger partial charge in [0.25, 0.3) is 0 Å². The van der Waals surface area contributed by atoms with Crippen LogP contribution in [0.2, 0.25) is 10.0 Å². The zero-order valence-corrected chi connectivity index (χ0v) is 21.4. The quantitative estimate of drug-likeness (QED) is 0.564. The third-order valence-electron chi connectivity index (χ3n) is 8.43. The number of hydrogen-bond donors (Lipinski definition) is 0. The van der Waals surface area contributed by atoms with Crippen LogP contribution in [0, 0.1) is 45.8 Å². The maximum absolute atomic E-state index is 10.6. The Bertz CT molecular complexity index is 1240. The van der Waals surface area contributed by atoms with Gasteiger partial charge in [-0.1, -0.05) is 68.2 Å². The lowest BCUT2D eigenvalue weighted by molar-refractivity contribution is 0.0309. The first kappa shape index (κ1) is 23.2. The maximum atomic E-state index is 10.6. The lowest BCUT2D eigenvalue weighted by Crippen LogP contribution is -2.56. The van der Waals surface area contributed by atoms with Crippen LogP contribution in [-0.2, 0) is 5.54 Å². The Hall–Kier alpha value is -2.57. The summed E-state index contributed by atoms with van der Waals surface area (Å²) in [4.78, 5) is 2.01. The lowest BCUT2D eigenvalue weighted by Gasteiger charge is -2.46. The van der Waals surface area contributed by atoms with E-state index in [-0.39, 0.29) is 29.2 Å². The second-order valence-electron chi connectivity index (χ2n) is 10.6. The van der Waals surface area contributed by atoms with Gasteiger partial charge >= 0.3 is 0 Å². The molecule has 0 N–H and O–H groups in total. The summed E-state index contributed by atoms with van der Waals surface area (Å²) in [5.74, 6) is 0.289. The van der Waals surface area contributed by atoms with Crippen molar-refractivity contribution in [3.05, 3.63) is 69.7 Å². The van der Waals surface area contributed by atoms with Crippen LogP contribution in [0.25, 0.3) is 0 Å². The molecule has 1 saturated heterocycles. The van der Waals surface area contributed by atoms with Crippen LogP contribution in [0.5, 0.6) is 0 Å². The van der Waals surface area contributed by atoms with Crippen LogP contribution < -0.4 is 0 Å². The van der Waals surface area contributed by atoms with E-state index in [4.69, 9.17) is 28.3 Å². The fraction of sp³-hybridized carbons (Fsp3) is 0.444. The molecule has 34 heavy (non-hydrogen) atoms. The fourth-order valence-electron chi connectivity index (χ4n) is 7.14. The van der Waals surface area contributed by atoms with E-state index in [1.807, 2.05) is 72.5 Å². The Morgan fingerprint density at radius 3 is 1.97 bits per heavy atom. The molecule has 0 bridgehead atoms. The Morgan fingerprint density at radius 2 is 1.47 bits per heavy atom.